The van der Waals surface area contributed by atoms with Gasteiger partial charge in [0.1, 0.15) is 13.1 Å². The molecule has 0 atom stereocenters. The van der Waals surface area contributed by atoms with E-state index in [-0.39, 0.29) is 38.7 Å². The van der Waals surface area contributed by atoms with Gasteiger partial charge in [0.2, 0.25) is 0 Å². The Labute approximate surface area is 217 Å². The van der Waals surface area contributed by atoms with Crippen LogP contribution in [0.5, 0.6) is 0 Å². The van der Waals surface area contributed by atoms with Crippen LogP contribution in [0.1, 0.15) is 49.7 Å². The van der Waals surface area contributed by atoms with Crippen LogP contribution in [0.4, 0.5) is 10.5 Å². The SMILES string of the molecule is O=C(NC1=CC=CCC1)Nc1cccc2c1C[N+]1(CCC(CC3=CC[CH-]C=C3)CC1)C2.[Y]. The maximum atomic E-state index is 12.6. The number of rotatable bonds is 4. The van der Waals surface area contributed by atoms with Crippen LogP contribution in [0.2, 0.25) is 0 Å². The van der Waals surface area contributed by atoms with Crippen LogP contribution in [0, 0.1) is 12.3 Å². The second-order valence-electron chi connectivity index (χ2n) is 9.54. The minimum absolute atomic E-state index is 0. The predicted molar refractivity (Wildman–Crippen MR) is 126 cm³/mol. The molecule has 2 aliphatic carbocycles. The number of fused-ring (bicyclic) bond motifs is 1. The third-order valence-electron chi connectivity index (χ3n) is 7.32. The third-order valence-corrected chi connectivity index (χ3v) is 7.32. The van der Waals surface area contributed by atoms with E-state index in [1.54, 1.807) is 0 Å². The van der Waals surface area contributed by atoms with Crippen molar-refractivity contribution in [2.24, 2.45) is 5.92 Å². The molecule has 0 saturated carbocycles. The van der Waals surface area contributed by atoms with Crippen molar-refractivity contribution < 1.29 is 42.0 Å². The molecule has 0 unspecified atom stereocenters. The van der Waals surface area contributed by atoms with Gasteiger partial charge in [0.15, 0.2) is 0 Å². The standard InChI is InChI=1S/C27H33N3O.Y/c31-27(28-24-11-5-2-6-12-24)29-26-13-7-10-23-19-30(20-25(23)26)16-14-22(15-17-30)18-21-8-3-1-4-9-21;/h1-3,5,7-11,13,22H,4,6,12,14-20H2,(H2,28,29,31);. The minimum Gasteiger partial charge on any atom is -0.316 e. The molecule has 1 aromatic carbocycles. The number of anilines is 1. The van der Waals surface area contributed by atoms with Gasteiger partial charge < -0.3 is 15.1 Å². The van der Waals surface area contributed by atoms with Crippen LogP contribution in [0.15, 0.2) is 65.9 Å². The summed E-state index contributed by atoms with van der Waals surface area (Å²) in [7, 11) is 0. The quantitative estimate of drug-likeness (QED) is 0.397. The Balaban J connectivity index is 0.00000245. The first-order valence-electron chi connectivity index (χ1n) is 11.8. The predicted octanol–water partition coefficient (Wildman–Crippen LogP) is 5.76. The van der Waals surface area contributed by atoms with Gasteiger partial charge in [0.05, 0.1) is 18.8 Å². The number of hydrogen-bond donors (Lipinski definition) is 2. The molecule has 1 aromatic rings. The van der Waals surface area contributed by atoms with Gasteiger partial charge in [-0.3, -0.25) is 0 Å². The second-order valence-corrected chi connectivity index (χ2v) is 9.54. The number of urea groups is 1. The monoisotopic (exact) mass is 504 g/mol. The summed E-state index contributed by atoms with van der Waals surface area (Å²) < 4.78 is 1.16. The number of quaternary nitrogens is 1. The van der Waals surface area contributed by atoms with Gasteiger partial charge in [-0.05, 0) is 50.2 Å². The van der Waals surface area contributed by atoms with E-state index in [1.165, 1.54) is 49.1 Å². The summed E-state index contributed by atoms with van der Waals surface area (Å²) in [6.45, 7) is 4.63. The van der Waals surface area contributed by atoms with Crippen molar-refractivity contribution in [1.82, 2.24) is 5.32 Å². The molecule has 1 spiro atoms. The van der Waals surface area contributed by atoms with Crippen LogP contribution in [0.3, 0.4) is 0 Å². The molecule has 1 saturated heterocycles. The van der Waals surface area contributed by atoms with Gasteiger partial charge in [-0.25, -0.2) is 23.4 Å². The van der Waals surface area contributed by atoms with Crippen LogP contribution < -0.4 is 10.6 Å². The largest absolute Gasteiger partial charge is 0.323 e. The molecule has 4 aliphatic rings. The zero-order chi connectivity index (χ0) is 21.1. The van der Waals surface area contributed by atoms with E-state index in [2.05, 4.69) is 59.6 Å². The van der Waals surface area contributed by atoms with Crippen molar-refractivity contribution in [1.29, 1.82) is 0 Å². The van der Waals surface area contributed by atoms with Gasteiger partial charge in [-0.1, -0.05) is 30.7 Å². The van der Waals surface area contributed by atoms with Crippen molar-refractivity contribution in [3.63, 3.8) is 0 Å². The summed E-state index contributed by atoms with van der Waals surface area (Å²) >= 11 is 0. The molecule has 1 fully saturated rings. The Hall–Kier alpha value is -1.62. The maximum absolute atomic E-state index is 12.6. The number of carbonyl (C=O) groups is 1. The Kier molecular flexibility index (Phi) is 7.76. The normalized spacial score (nSPS) is 25.8. The molecule has 32 heavy (non-hydrogen) atoms. The van der Waals surface area contributed by atoms with Crippen LogP contribution in [-0.2, 0) is 45.8 Å². The average molecular weight is 504 g/mol. The van der Waals surface area contributed by atoms with Crippen molar-refractivity contribution in [2.75, 3.05) is 18.4 Å². The van der Waals surface area contributed by atoms with Crippen molar-refractivity contribution in [2.45, 2.75) is 51.6 Å². The Morgan fingerprint density at radius 3 is 2.78 bits per heavy atom. The first-order chi connectivity index (χ1) is 15.2. The number of nitrogens with one attached hydrogen (secondary N) is 2. The fourth-order valence-corrected chi connectivity index (χ4v) is 5.58. The van der Waals surface area contributed by atoms with Crippen LogP contribution in [-0.4, -0.2) is 23.6 Å². The van der Waals surface area contributed by atoms with Crippen LogP contribution in [0.25, 0.3) is 0 Å². The Morgan fingerprint density at radius 2 is 2.03 bits per heavy atom. The molecule has 1 radical (unpaired) electrons. The van der Waals surface area contributed by atoms with Crippen LogP contribution >= 0.6 is 0 Å². The summed E-state index contributed by atoms with van der Waals surface area (Å²) in [6, 6.07) is 6.27. The smallest absolute Gasteiger partial charge is 0.316 e. The van der Waals surface area contributed by atoms with E-state index < -0.39 is 0 Å². The average Bonchev–Trinajstić information content (AvgIpc) is 3.16. The fraction of sp³-hybridized carbons (Fsp3) is 0.407. The van der Waals surface area contributed by atoms with Gasteiger partial charge in [-0.15, -0.1) is 11.6 Å². The summed E-state index contributed by atoms with van der Waals surface area (Å²) in [6.07, 6.45) is 22.0. The van der Waals surface area contributed by atoms with Crippen molar-refractivity contribution in [3.05, 3.63) is 83.5 Å². The zero-order valence-corrected chi connectivity index (χ0v) is 21.7. The molecule has 4 nitrogen and oxygen atoms in total. The second kappa shape index (κ2) is 10.5. The topological polar surface area (TPSA) is 41.1 Å². The van der Waals surface area contributed by atoms with Gasteiger partial charge in [0, 0.05) is 49.5 Å². The summed E-state index contributed by atoms with van der Waals surface area (Å²) in [5.74, 6) is 0.808. The van der Waals surface area contributed by atoms with E-state index >= 15 is 0 Å². The molecule has 5 heteroatoms. The number of allylic oxidation sites excluding steroid dienone is 8. The third kappa shape index (κ3) is 5.47. The first-order valence-corrected chi connectivity index (χ1v) is 11.8. The van der Waals surface area contributed by atoms with Crippen molar-refractivity contribution >= 4 is 11.7 Å². The number of benzene rings is 1. The molecular weight excluding hydrogens is 471 g/mol. The van der Waals surface area contributed by atoms with Gasteiger partial charge >= 0.3 is 6.03 Å². The van der Waals surface area contributed by atoms with E-state index in [0.717, 1.165) is 54.1 Å². The number of carbonyl (C=O) groups excluding carboxylic acids is 1. The molecular formula is C27H33N3OY. The fourth-order valence-electron chi connectivity index (χ4n) is 5.58. The zero-order valence-electron chi connectivity index (χ0n) is 18.9. The number of nitrogens with zero attached hydrogens (tertiary/aromatic N) is 1. The molecule has 2 heterocycles. The van der Waals surface area contributed by atoms with Gasteiger partial charge in [-0.2, -0.15) is 0 Å². The molecule has 2 N–H and O–H groups in total. The summed E-state index contributed by atoms with van der Waals surface area (Å²) in [5, 5.41) is 6.15. The number of hydrogen-bond acceptors (Lipinski definition) is 1. The molecule has 2 amide bonds. The molecule has 0 bridgehead atoms. The Morgan fingerprint density at radius 1 is 1.16 bits per heavy atom. The molecule has 0 aromatic heterocycles. The minimum atomic E-state index is -0.127. The maximum Gasteiger partial charge on any atom is 0.323 e. The van der Waals surface area contributed by atoms with Gasteiger partial charge in [0.25, 0.3) is 0 Å². The van der Waals surface area contributed by atoms with E-state index in [0.29, 0.717) is 0 Å². The summed E-state index contributed by atoms with van der Waals surface area (Å²) in [4.78, 5) is 12.6. The molecule has 2 aliphatic heterocycles. The molecule has 165 valence electrons. The van der Waals surface area contributed by atoms with E-state index in [9.17, 15) is 4.79 Å². The van der Waals surface area contributed by atoms with E-state index in [1.807, 2.05) is 12.2 Å². The van der Waals surface area contributed by atoms with Crippen molar-refractivity contribution in [3.8, 4) is 0 Å². The first kappa shape index (κ1) is 23.5. The number of piperidine rings is 1. The number of amides is 2. The summed E-state index contributed by atoms with van der Waals surface area (Å²) in [5.41, 5.74) is 6.23. The molecule has 5 rings (SSSR count). The Bertz CT molecular complexity index is 967. The van der Waals surface area contributed by atoms with E-state index in [4.69, 9.17) is 0 Å².